The van der Waals surface area contributed by atoms with Crippen LogP contribution in [0.4, 0.5) is 4.79 Å². The van der Waals surface area contributed by atoms with Gasteiger partial charge in [-0.3, -0.25) is 4.90 Å². The first-order valence-electron chi connectivity index (χ1n) is 8.78. The first-order chi connectivity index (χ1) is 12.6. The summed E-state index contributed by atoms with van der Waals surface area (Å²) in [5.41, 5.74) is 5.08. The lowest BCUT2D eigenvalue weighted by molar-refractivity contribution is 0.215. The van der Waals surface area contributed by atoms with Crippen LogP contribution in [-0.4, -0.2) is 46.5 Å². The SMILES string of the molecule is C=CN(C#CC)C(=O)N[C@H]1C=C2c3cccc4[nH]cc(c34)C[C@H]2N(C)C1. The predicted octanol–water partition coefficient (Wildman–Crippen LogP) is 2.93. The number of urea groups is 1. The van der Waals surface area contributed by atoms with Crippen molar-refractivity contribution in [1.29, 1.82) is 0 Å². The third-order valence-corrected chi connectivity index (χ3v) is 5.21. The highest BCUT2D eigenvalue weighted by Crippen LogP contribution is 2.39. The maximum Gasteiger partial charge on any atom is 0.333 e. The van der Waals surface area contributed by atoms with Crippen molar-refractivity contribution in [2.24, 2.45) is 0 Å². The van der Waals surface area contributed by atoms with Gasteiger partial charge >= 0.3 is 6.03 Å². The second kappa shape index (κ2) is 6.40. The molecule has 0 spiro atoms. The Morgan fingerprint density at radius 1 is 1.50 bits per heavy atom. The summed E-state index contributed by atoms with van der Waals surface area (Å²) in [6.45, 7) is 6.11. The summed E-state index contributed by atoms with van der Waals surface area (Å²) in [5, 5.41) is 4.36. The molecule has 0 saturated heterocycles. The largest absolute Gasteiger partial charge is 0.361 e. The number of hydrogen-bond donors (Lipinski definition) is 2. The zero-order valence-corrected chi connectivity index (χ0v) is 15.0. The molecule has 2 aliphatic rings. The Morgan fingerprint density at radius 3 is 3.12 bits per heavy atom. The summed E-state index contributed by atoms with van der Waals surface area (Å²) in [6.07, 6.45) is 6.74. The van der Waals surface area contributed by atoms with E-state index in [4.69, 9.17) is 0 Å². The number of nitrogens with zero attached hydrogens (tertiary/aromatic N) is 2. The van der Waals surface area contributed by atoms with Crippen LogP contribution in [0.15, 0.2) is 43.3 Å². The molecule has 1 aliphatic heterocycles. The highest BCUT2D eigenvalue weighted by atomic mass is 16.2. The summed E-state index contributed by atoms with van der Waals surface area (Å²) in [4.78, 5) is 19.4. The Hall–Kier alpha value is -2.97. The van der Waals surface area contributed by atoms with E-state index >= 15 is 0 Å². The van der Waals surface area contributed by atoms with Crippen molar-refractivity contribution in [1.82, 2.24) is 20.1 Å². The zero-order chi connectivity index (χ0) is 18.3. The van der Waals surface area contributed by atoms with E-state index in [0.717, 1.165) is 13.0 Å². The Labute approximate surface area is 153 Å². The molecule has 2 heterocycles. The van der Waals surface area contributed by atoms with Crippen molar-refractivity contribution in [3.05, 3.63) is 54.4 Å². The third-order valence-electron chi connectivity index (χ3n) is 5.21. The summed E-state index contributed by atoms with van der Waals surface area (Å²) >= 11 is 0. The van der Waals surface area contributed by atoms with Crippen molar-refractivity contribution in [2.45, 2.75) is 25.4 Å². The molecule has 0 fully saturated rings. The number of H-pyrrole nitrogens is 1. The van der Waals surface area contributed by atoms with Crippen molar-refractivity contribution in [2.75, 3.05) is 13.6 Å². The van der Waals surface area contributed by atoms with E-state index in [0.29, 0.717) is 6.04 Å². The molecule has 1 aromatic carbocycles. The number of carbonyl (C=O) groups excluding carboxylic acids is 1. The van der Waals surface area contributed by atoms with Gasteiger partial charge in [-0.2, -0.15) is 0 Å². The van der Waals surface area contributed by atoms with Gasteiger partial charge in [0.2, 0.25) is 0 Å². The van der Waals surface area contributed by atoms with Gasteiger partial charge < -0.3 is 10.3 Å². The van der Waals surface area contributed by atoms with Crippen LogP contribution in [0, 0.1) is 12.0 Å². The number of nitrogens with one attached hydrogen (secondary N) is 2. The van der Waals surface area contributed by atoms with E-state index in [-0.39, 0.29) is 12.1 Å². The Morgan fingerprint density at radius 2 is 2.35 bits per heavy atom. The van der Waals surface area contributed by atoms with Gasteiger partial charge in [0.15, 0.2) is 0 Å². The average molecular weight is 346 g/mol. The highest BCUT2D eigenvalue weighted by Gasteiger charge is 2.34. The highest BCUT2D eigenvalue weighted by molar-refractivity contribution is 5.98. The molecular formula is C21H22N4O. The molecule has 2 aromatic rings. The normalized spacial score (nSPS) is 21.2. The average Bonchev–Trinajstić information content (AvgIpc) is 3.05. The maximum atomic E-state index is 12.4. The van der Waals surface area contributed by atoms with Gasteiger partial charge in [-0.05, 0) is 43.2 Å². The zero-order valence-electron chi connectivity index (χ0n) is 15.0. The minimum Gasteiger partial charge on any atom is -0.361 e. The standard InChI is InChI=1S/C21H22N4O/c1-4-9-25(5-2)21(26)23-15-11-17-16-7-6-8-18-20(16)14(12-22-18)10-19(17)24(3)13-15/h5-8,11-12,15,19,22H,2,10,13H2,1,3H3,(H,23,26)/t15-,19+/m0/s1. The van der Waals surface area contributed by atoms with Gasteiger partial charge in [-0.1, -0.05) is 30.7 Å². The summed E-state index contributed by atoms with van der Waals surface area (Å²) < 4.78 is 0. The van der Waals surface area contributed by atoms with Crippen LogP contribution >= 0.6 is 0 Å². The molecule has 5 nitrogen and oxygen atoms in total. The van der Waals surface area contributed by atoms with Gasteiger partial charge in [0.25, 0.3) is 0 Å². The molecule has 132 valence electrons. The van der Waals surface area contributed by atoms with E-state index in [1.165, 1.54) is 38.7 Å². The van der Waals surface area contributed by atoms with Gasteiger partial charge in [0, 0.05) is 41.9 Å². The number of amides is 2. The topological polar surface area (TPSA) is 51.4 Å². The summed E-state index contributed by atoms with van der Waals surface area (Å²) in [7, 11) is 2.12. The van der Waals surface area contributed by atoms with Gasteiger partial charge in [-0.25, -0.2) is 9.69 Å². The Balaban J connectivity index is 1.69. The Bertz CT molecular complexity index is 975. The summed E-state index contributed by atoms with van der Waals surface area (Å²) in [5.74, 6) is 2.73. The third kappa shape index (κ3) is 2.59. The molecule has 5 heteroatoms. The maximum absolute atomic E-state index is 12.4. The lowest BCUT2D eigenvalue weighted by Gasteiger charge is -2.40. The fourth-order valence-electron chi connectivity index (χ4n) is 4.07. The van der Waals surface area contributed by atoms with Gasteiger partial charge in [0.05, 0.1) is 6.04 Å². The van der Waals surface area contributed by atoms with Crippen molar-refractivity contribution in [3.8, 4) is 12.0 Å². The molecule has 2 N–H and O–H groups in total. The first-order valence-corrected chi connectivity index (χ1v) is 8.78. The second-order valence-corrected chi connectivity index (χ2v) is 6.79. The van der Waals surface area contributed by atoms with Gasteiger partial charge in [0.1, 0.15) is 0 Å². The number of rotatable bonds is 2. The van der Waals surface area contributed by atoms with E-state index in [1.54, 1.807) is 6.92 Å². The Kier molecular flexibility index (Phi) is 4.06. The molecule has 0 bridgehead atoms. The number of fused-ring (bicyclic) bond motifs is 2. The van der Waals surface area contributed by atoms with Crippen molar-refractivity contribution >= 4 is 22.5 Å². The fourth-order valence-corrected chi connectivity index (χ4v) is 4.07. The number of aromatic nitrogens is 1. The lowest BCUT2D eigenvalue weighted by atomic mass is 9.81. The monoisotopic (exact) mass is 346 g/mol. The van der Waals surface area contributed by atoms with E-state index in [9.17, 15) is 4.79 Å². The van der Waals surface area contributed by atoms with Crippen molar-refractivity contribution < 1.29 is 4.79 Å². The molecule has 1 aromatic heterocycles. The molecular weight excluding hydrogens is 324 g/mol. The molecule has 2 atom stereocenters. The van der Waals surface area contributed by atoms with Crippen LogP contribution in [0.1, 0.15) is 18.1 Å². The molecule has 26 heavy (non-hydrogen) atoms. The predicted molar refractivity (Wildman–Crippen MR) is 104 cm³/mol. The number of hydrogen-bond acceptors (Lipinski definition) is 2. The fraction of sp³-hybridized carbons (Fsp3) is 0.286. The van der Waals surface area contributed by atoms with Crippen molar-refractivity contribution in [3.63, 3.8) is 0 Å². The summed E-state index contributed by atoms with van der Waals surface area (Å²) in [6, 6.07) is 9.11. The van der Waals surface area contributed by atoms with Crippen LogP contribution in [0.2, 0.25) is 0 Å². The molecule has 4 rings (SSSR count). The van der Waals surface area contributed by atoms with E-state index in [2.05, 4.69) is 71.3 Å². The van der Waals surface area contributed by atoms with E-state index in [1.807, 2.05) is 0 Å². The number of likely N-dealkylation sites (N-methyl/N-ethyl adjacent to an activating group) is 1. The van der Waals surface area contributed by atoms with Crippen LogP contribution in [0.5, 0.6) is 0 Å². The second-order valence-electron chi connectivity index (χ2n) is 6.79. The minimum atomic E-state index is -0.251. The van der Waals surface area contributed by atoms with Crippen LogP contribution < -0.4 is 5.32 Å². The first kappa shape index (κ1) is 16.5. The van der Waals surface area contributed by atoms with Crippen LogP contribution in [-0.2, 0) is 6.42 Å². The smallest absolute Gasteiger partial charge is 0.333 e. The number of aromatic amines is 1. The number of benzene rings is 1. The van der Waals surface area contributed by atoms with Gasteiger partial charge in [-0.15, -0.1) is 0 Å². The number of carbonyl (C=O) groups is 1. The molecule has 0 saturated carbocycles. The van der Waals surface area contributed by atoms with Crippen LogP contribution in [0.3, 0.4) is 0 Å². The molecule has 0 unspecified atom stereocenters. The lowest BCUT2D eigenvalue weighted by Crippen LogP contribution is -2.51. The van der Waals surface area contributed by atoms with E-state index < -0.39 is 0 Å². The molecule has 1 aliphatic carbocycles. The minimum absolute atomic E-state index is 0.0735. The quantitative estimate of drug-likeness (QED) is 0.649. The van der Waals surface area contributed by atoms with Crippen LogP contribution in [0.25, 0.3) is 16.5 Å². The molecule has 0 radical (unpaired) electrons. The molecule has 2 amide bonds.